The molecule has 3 heterocycles. The van der Waals surface area contributed by atoms with Crippen molar-refractivity contribution in [1.29, 1.82) is 0 Å². The highest BCUT2D eigenvalue weighted by molar-refractivity contribution is 5.89. The van der Waals surface area contributed by atoms with Crippen molar-refractivity contribution in [2.24, 2.45) is 11.8 Å². The molecule has 224 valence electrons. The number of allylic oxidation sites excluding steroid dienone is 1. The van der Waals surface area contributed by atoms with E-state index in [9.17, 15) is 9.59 Å². The van der Waals surface area contributed by atoms with Crippen molar-refractivity contribution in [3.05, 3.63) is 59.6 Å². The normalized spacial score (nSPS) is 19.6. The zero-order valence-corrected chi connectivity index (χ0v) is 24.6. The van der Waals surface area contributed by atoms with Crippen LogP contribution in [0.5, 0.6) is 0 Å². The fourth-order valence-corrected chi connectivity index (χ4v) is 5.97. The van der Waals surface area contributed by atoms with E-state index in [4.69, 9.17) is 14.7 Å². The zero-order chi connectivity index (χ0) is 29.6. The van der Waals surface area contributed by atoms with Gasteiger partial charge in [-0.15, -0.1) is 0 Å². The molecule has 0 atom stereocenters. The lowest BCUT2D eigenvalue weighted by molar-refractivity contribution is -0.123. The largest absolute Gasteiger partial charge is 0.381 e. The first kappa shape index (κ1) is 29.8. The molecule has 1 aliphatic heterocycles. The minimum absolute atomic E-state index is 0.0553. The van der Waals surface area contributed by atoms with Crippen LogP contribution in [0.2, 0.25) is 0 Å². The van der Waals surface area contributed by atoms with Crippen LogP contribution in [0, 0.1) is 17.7 Å². The Hall–Kier alpha value is -3.66. The number of Topliss-reactive ketones (excluding diaryl/α,β-unsaturated/α-hetero) is 1. The van der Waals surface area contributed by atoms with Gasteiger partial charge in [0.2, 0.25) is 11.9 Å². The summed E-state index contributed by atoms with van der Waals surface area (Å²) in [6, 6.07) is 5.42. The molecular formula is C32H41FN6O3. The Labute approximate surface area is 246 Å². The summed E-state index contributed by atoms with van der Waals surface area (Å²) >= 11 is 0. The summed E-state index contributed by atoms with van der Waals surface area (Å²) < 4.78 is 22.8. The Balaban J connectivity index is 1.27. The van der Waals surface area contributed by atoms with Crippen LogP contribution in [0.3, 0.4) is 0 Å². The fourth-order valence-electron chi connectivity index (χ4n) is 5.97. The van der Waals surface area contributed by atoms with E-state index in [-0.39, 0.29) is 48.2 Å². The van der Waals surface area contributed by atoms with Crippen LogP contribution in [0.25, 0.3) is 5.65 Å². The number of halogens is 1. The quantitative estimate of drug-likeness (QED) is 0.266. The Morgan fingerprint density at radius 1 is 1.12 bits per heavy atom. The summed E-state index contributed by atoms with van der Waals surface area (Å²) in [5.41, 5.74) is 2.57. The van der Waals surface area contributed by atoms with E-state index in [0.29, 0.717) is 54.2 Å². The van der Waals surface area contributed by atoms with Gasteiger partial charge in [-0.05, 0) is 62.0 Å². The summed E-state index contributed by atoms with van der Waals surface area (Å²) in [6.45, 7) is 9.31. The standard InChI is InChI=1S/C32H41FN6O3/c1-4-26(40)16-21-8-10-22(11-9-21)28(41)17-23-6-5-7-24(29(23)33)18-34-32-38-31(36-25-12-14-42-15-13-25)37-30-27(20(2)3)19-35-39(30)32/h4-7,19-22,25H,1,8-18H2,2-3H3,(H2,34,36,37,38). The van der Waals surface area contributed by atoms with Crippen LogP contribution in [-0.2, 0) is 27.3 Å². The van der Waals surface area contributed by atoms with Gasteiger partial charge in [-0.1, -0.05) is 38.6 Å². The van der Waals surface area contributed by atoms with Gasteiger partial charge in [-0.2, -0.15) is 19.6 Å². The third kappa shape index (κ3) is 7.03. The molecule has 5 rings (SSSR count). The number of ether oxygens (including phenoxy) is 1. The molecule has 2 aliphatic rings. The summed E-state index contributed by atoms with van der Waals surface area (Å²) in [4.78, 5) is 34.2. The summed E-state index contributed by atoms with van der Waals surface area (Å²) in [5, 5.41) is 11.2. The van der Waals surface area contributed by atoms with Crippen molar-refractivity contribution < 1.29 is 18.7 Å². The van der Waals surface area contributed by atoms with Crippen molar-refractivity contribution in [1.82, 2.24) is 19.6 Å². The highest BCUT2D eigenvalue weighted by atomic mass is 19.1. The number of carbonyl (C=O) groups is 2. The SMILES string of the molecule is C=CC(=O)CC1CCC(C(=O)Cc2cccc(CNc3nc(NC4CCOCC4)nc4c(C(C)C)cnn34)c2F)CC1. The van der Waals surface area contributed by atoms with Crippen LogP contribution in [0.4, 0.5) is 16.3 Å². The molecule has 1 saturated carbocycles. The summed E-state index contributed by atoms with van der Waals surface area (Å²) in [5.74, 6) is 1.14. The number of hydrogen-bond donors (Lipinski definition) is 2. The highest BCUT2D eigenvalue weighted by Crippen LogP contribution is 2.32. The second-order valence-corrected chi connectivity index (χ2v) is 11.9. The maximum absolute atomic E-state index is 15.6. The number of carbonyl (C=O) groups excluding carboxylic acids is 2. The molecule has 10 heteroatoms. The fraction of sp³-hybridized carbons (Fsp3) is 0.531. The van der Waals surface area contributed by atoms with Crippen LogP contribution in [-0.4, -0.2) is 50.4 Å². The number of aromatic nitrogens is 4. The lowest BCUT2D eigenvalue weighted by Crippen LogP contribution is -2.29. The molecule has 0 spiro atoms. The number of hydrogen-bond acceptors (Lipinski definition) is 8. The van der Waals surface area contributed by atoms with E-state index in [1.807, 2.05) is 0 Å². The molecule has 0 bridgehead atoms. The second-order valence-electron chi connectivity index (χ2n) is 11.9. The van der Waals surface area contributed by atoms with E-state index < -0.39 is 0 Å². The molecule has 1 aliphatic carbocycles. The molecule has 42 heavy (non-hydrogen) atoms. The van der Waals surface area contributed by atoms with E-state index in [2.05, 4.69) is 36.2 Å². The molecule has 1 saturated heterocycles. The van der Waals surface area contributed by atoms with Crippen molar-refractivity contribution >= 4 is 29.1 Å². The zero-order valence-electron chi connectivity index (χ0n) is 24.6. The van der Waals surface area contributed by atoms with Gasteiger partial charge in [-0.25, -0.2) is 4.39 Å². The van der Waals surface area contributed by atoms with Gasteiger partial charge in [0.25, 0.3) is 0 Å². The van der Waals surface area contributed by atoms with E-state index >= 15 is 4.39 Å². The average molecular weight is 577 g/mol. The summed E-state index contributed by atoms with van der Waals surface area (Å²) in [7, 11) is 0. The van der Waals surface area contributed by atoms with Crippen LogP contribution < -0.4 is 10.6 Å². The maximum atomic E-state index is 15.6. The minimum atomic E-state index is -0.377. The first-order valence-electron chi connectivity index (χ1n) is 15.1. The number of benzene rings is 1. The third-order valence-corrected chi connectivity index (χ3v) is 8.55. The van der Waals surface area contributed by atoms with Gasteiger partial charge in [0.15, 0.2) is 11.4 Å². The molecule has 0 amide bonds. The predicted octanol–water partition coefficient (Wildman–Crippen LogP) is 5.65. The molecular weight excluding hydrogens is 535 g/mol. The van der Waals surface area contributed by atoms with Gasteiger partial charge < -0.3 is 15.4 Å². The van der Waals surface area contributed by atoms with Crippen molar-refractivity contribution in [2.75, 3.05) is 23.8 Å². The predicted molar refractivity (Wildman–Crippen MR) is 160 cm³/mol. The van der Waals surface area contributed by atoms with Crippen LogP contribution in [0.15, 0.2) is 37.1 Å². The Kier molecular flexibility index (Phi) is 9.62. The molecule has 2 fully saturated rings. The van der Waals surface area contributed by atoms with E-state index in [0.717, 1.165) is 44.1 Å². The van der Waals surface area contributed by atoms with Gasteiger partial charge in [-0.3, -0.25) is 9.59 Å². The van der Waals surface area contributed by atoms with Gasteiger partial charge in [0.1, 0.15) is 11.6 Å². The average Bonchev–Trinajstić information content (AvgIpc) is 3.43. The topological polar surface area (TPSA) is 111 Å². The number of nitrogens with one attached hydrogen (secondary N) is 2. The molecule has 2 N–H and O–H groups in total. The minimum Gasteiger partial charge on any atom is -0.381 e. The number of rotatable bonds is 12. The van der Waals surface area contributed by atoms with Crippen LogP contribution >= 0.6 is 0 Å². The van der Waals surface area contributed by atoms with Crippen molar-refractivity contribution in [3.8, 4) is 0 Å². The number of anilines is 2. The number of nitrogens with zero attached hydrogens (tertiary/aromatic N) is 4. The molecule has 1 aromatic carbocycles. The van der Waals surface area contributed by atoms with E-state index in [1.54, 1.807) is 28.9 Å². The van der Waals surface area contributed by atoms with Crippen molar-refractivity contribution in [2.45, 2.75) is 83.7 Å². The smallest absolute Gasteiger partial charge is 0.229 e. The Bertz CT molecular complexity index is 1420. The molecule has 9 nitrogen and oxygen atoms in total. The number of ketones is 2. The monoisotopic (exact) mass is 576 g/mol. The van der Waals surface area contributed by atoms with Gasteiger partial charge >= 0.3 is 0 Å². The first-order valence-corrected chi connectivity index (χ1v) is 15.1. The van der Waals surface area contributed by atoms with Gasteiger partial charge in [0.05, 0.1) is 6.20 Å². The van der Waals surface area contributed by atoms with E-state index in [1.165, 1.54) is 6.08 Å². The molecule has 3 aromatic rings. The highest BCUT2D eigenvalue weighted by Gasteiger charge is 2.28. The number of fused-ring (bicyclic) bond motifs is 1. The first-order chi connectivity index (χ1) is 20.3. The third-order valence-electron chi connectivity index (χ3n) is 8.55. The lowest BCUT2D eigenvalue weighted by Gasteiger charge is -2.27. The molecule has 0 unspecified atom stereocenters. The van der Waals surface area contributed by atoms with Crippen molar-refractivity contribution in [3.63, 3.8) is 0 Å². The Morgan fingerprint density at radius 2 is 1.86 bits per heavy atom. The molecule has 0 radical (unpaired) electrons. The second kappa shape index (κ2) is 13.5. The van der Waals surface area contributed by atoms with Crippen LogP contribution in [0.1, 0.15) is 81.4 Å². The van der Waals surface area contributed by atoms with Gasteiger partial charge in [0, 0.05) is 55.7 Å². The summed E-state index contributed by atoms with van der Waals surface area (Å²) in [6.07, 6.45) is 8.65. The molecule has 2 aromatic heterocycles. The maximum Gasteiger partial charge on any atom is 0.229 e. The lowest BCUT2D eigenvalue weighted by atomic mass is 9.77. The Morgan fingerprint density at radius 3 is 2.57 bits per heavy atom.